The standard InChI is InChI=1S/C17H16N4O6/c1-3-27-14-9-12(19-10(2)22)4-5-13(14)17(24)20-16(23)11-6-7-18-15(8-11)21(25)26/h4-9H,3H2,1-2H3,(H,19,22)(H,20,23,24). The Morgan fingerprint density at radius 1 is 1.19 bits per heavy atom. The first-order valence-electron chi connectivity index (χ1n) is 7.82. The predicted octanol–water partition coefficient (Wildman–Crippen LogP) is 1.92. The quantitative estimate of drug-likeness (QED) is 0.448. The monoisotopic (exact) mass is 372 g/mol. The zero-order valence-electron chi connectivity index (χ0n) is 14.5. The van der Waals surface area contributed by atoms with Crippen LogP contribution in [0.15, 0.2) is 36.5 Å². The third-order valence-corrected chi connectivity index (χ3v) is 3.27. The number of nitro groups is 1. The molecule has 0 saturated heterocycles. The van der Waals surface area contributed by atoms with Gasteiger partial charge < -0.3 is 20.2 Å². The molecular weight excluding hydrogens is 356 g/mol. The van der Waals surface area contributed by atoms with Crippen molar-refractivity contribution in [3.8, 4) is 5.75 Å². The van der Waals surface area contributed by atoms with Crippen LogP contribution < -0.4 is 15.4 Å². The van der Waals surface area contributed by atoms with Crippen LogP contribution in [0.25, 0.3) is 0 Å². The average Bonchev–Trinajstić information content (AvgIpc) is 2.61. The lowest BCUT2D eigenvalue weighted by Gasteiger charge is -2.12. The van der Waals surface area contributed by atoms with Crippen molar-refractivity contribution in [1.82, 2.24) is 10.3 Å². The fourth-order valence-corrected chi connectivity index (χ4v) is 2.17. The molecule has 2 N–H and O–H groups in total. The highest BCUT2D eigenvalue weighted by molar-refractivity contribution is 6.11. The molecule has 2 aromatic rings. The highest BCUT2D eigenvalue weighted by Gasteiger charge is 2.19. The molecule has 0 spiro atoms. The van der Waals surface area contributed by atoms with E-state index in [0.717, 1.165) is 12.3 Å². The Balaban J connectivity index is 2.23. The van der Waals surface area contributed by atoms with Crippen molar-refractivity contribution in [2.75, 3.05) is 11.9 Å². The number of carbonyl (C=O) groups excluding carboxylic acids is 3. The van der Waals surface area contributed by atoms with Crippen LogP contribution in [0.5, 0.6) is 5.75 Å². The van der Waals surface area contributed by atoms with Crippen LogP contribution >= 0.6 is 0 Å². The first-order valence-corrected chi connectivity index (χ1v) is 7.82. The molecule has 0 saturated carbocycles. The highest BCUT2D eigenvalue weighted by atomic mass is 16.6. The Labute approximate surface area is 153 Å². The van der Waals surface area contributed by atoms with Gasteiger partial charge in [0.25, 0.3) is 11.8 Å². The topological polar surface area (TPSA) is 141 Å². The first kappa shape index (κ1) is 19.5. The highest BCUT2D eigenvalue weighted by Crippen LogP contribution is 2.24. The largest absolute Gasteiger partial charge is 0.493 e. The summed E-state index contributed by atoms with van der Waals surface area (Å²) in [6.45, 7) is 3.32. The number of ether oxygens (including phenoxy) is 1. The molecule has 0 aliphatic rings. The van der Waals surface area contributed by atoms with Gasteiger partial charge in [0.1, 0.15) is 11.9 Å². The number of nitrogens with zero attached hydrogens (tertiary/aromatic N) is 2. The third kappa shape index (κ3) is 5.08. The van der Waals surface area contributed by atoms with E-state index in [0.29, 0.717) is 5.69 Å². The number of carbonyl (C=O) groups is 3. The van der Waals surface area contributed by atoms with Crippen molar-refractivity contribution in [2.45, 2.75) is 13.8 Å². The van der Waals surface area contributed by atoms with E-state index in [1.54, 1.807) is 6.92 Å². The summed E-state index contributed by atoms with van der Waals surface area (Å²) in [5.74, 6) is -2.19. The van der Waals surface area contributed by atoms with Gasteiger partial charge in [-0.1, -0.05) is 0 Å². The van der Waals surface area contributed by atoms with Gasteiger partial charge in [-0.15, -0.1) is 0 Å². The maximum absolute atomic E-state index is 12.4. The second-order valence-corrected chi connectivity index (χ2v) is 5.27. The number of rotatable bonds is 6. The Hall–Kier alpha value is -3.82. The van der Waals surface area contributed by atoms with E-state index < -0.39 is 22.6 Å². The number of pyridine rings is 1. The van der Waals surface area contributed by atoms with Crippen molar-refractivity contribution in [1.29, 1.82) is 0 Å². The average molecular weight is 372 g/mol. The summed E-state index contributed by atoms with van der Waals surface area (Å²) < 4.78 is 5.40. The van der Waals surface area contributed by atoms with Gasteiger partial charge >= 0.3 is 5.82 Å². The van der Waals surface area contributed by atoms with E-state index in [1.807, 2.05) is 0 Å². The smallest absolute Gasteiger partial charge is 0.364 e. The molecule has 0 atom stereocenters. The lowest BCUT2D eigenvalue weighted by atomic mass is 10.1. The molecule has 0 aliphatic carbocycles. The Bertz CT molecular complexity index is 912. The zero-order chi connectivity index (χ0) is 20.0. The molecule has 10 nitrogen and oxygen atoms in total. The number of benzene rings is 1. The molecule has 140 valence electrons. The molecule has 27 heavy (non-hydrogen) atoms. The Morgan fingerprint density at radius 3 is 2.56 bits per heavy atom. The fourth-order valence-electron chi connectivity index (χ4n) is 2.17. The molecule has 0 aliphatic heterocycles. The van der Waals surface area contributed by atoms with Crippen LogP contribution in [0.3, 0.4) is 0 Å². The second-order valence-electron chi connectivity index (χ2n) is 5.27. The number of aromatic nitrogens is 1. The minimum atomic E-state index is -0.820. The maximum atomic E-state index is 12.4. The molecule has 3 amide bonds. The van der Waals surface area contributed by atoms with Gasteiger partial charge in [0.05, 0.1) is 17.7 Å². The molecule has 0 unspecified atom stereocenters. The number of amides is 3. The number of anilines is 1. The van der Waals surface area contributed by atoms with Gasteiger partial charge in [-0.2, -0.15) is 0 Å². The lowest BCUT2D eigenvalue weighted by molar-refractivity contribution is -0.389. The number of hydrogen-bond donors (Lipinski definition) is 2. The molecule has 0 radical (unpaired) electrons. The molecular formula is C17H16N4O6. The van der Waals surface area contributed by atoms with Crippen LogP contribution in [0.2, 0.25) is 0 Å². The van der Waals surface area contributed by atoms with Gasteiger partial charge in [0.15, 0.2) is 0 Å². The van der Waals surface area contributed by atoms with Crippen LogP contribution in [0.4, 0.5) is 11.5 Å². The SMILES string of the molecule is CCOc1cc(NC(C)=O)ccc1C(=O)NC(=O)c1ccnc([N+](=O)[O-])c1. The number of hydrogen-bond acceptors (Lipinski definition) is 7. The van der Waals surface area contributed by atoms with E-state index in [-0.39, 0.29) is 29.4 Å². The third-order valence-electron chi connectivity index (χ3n) is 3.27. The number of imide groups is 1. The van der Waals surface area contributed by atoms with Gasteiger partial charge in [-0.25, -0.2) is 0 Å². The minimum absolute atomic E-state index is 0.0721. The van der Waals surface area contributed by atoms with Crippen molar-refractivity contribution in [3.05, 3.63) is 57.8 Å². The Kier molecular flexibility index (Phi) is 6.15. The van der Waals surface area contributed by atoms with Crippen LogP contribution in [-0.4, -0.2) is 34.2 Å². The summed E-state index contributed by atoms with van der Waals surface area (Å²) in [6, 6.07) is 6.56. The predicted molar refractivity (Wildman–Crippen MR) is 94.6 cm³/mol. The van der Waals surface area contributed by atoms with Crippen LogP contribution in [0, 0.1) is 10.1 Å². The van der Waals surface area contributed by atoms with Crippen molar-refractivity contribution < 1.29 is 24.0 Å². The van der Waals surface area contributed by atoms with E-state index >= 15 is 0 Å². The van der Waals surface area contributed by atoms with Gasteiger partial charge in [-0.05, 0) is 35.0 Å². The zero-order valence-corrected chi connectivity index (χ0v) is 14.5. The maximum Gasteiger partial charge on any atom is 0.364 e. The van der Waals surface area contributed by atoms with E-state index in [2.05, 4.69) is 15.6 Å². The van der Waals surface area contributed by atoms with Gasteiger partial charge in [0, 0.05) is 24.7 Å². The molecule has 1 aromatic heterocycles. The lowest BCUT2D eigenvalue weighted by Crippen LogP contribution is -2.31. The molecule has 1 aromatic carbocycles. The summed E-state index contributed by atoms with van der Waals surface area (Å²) in [5, 5.41) is 15.4. The van der Waals surface area contributed by atoms with Gasteiger partial charge in [0.2, 0.25) is 5.91 Å². The summed E-state index contributed by atoms with van der Waals surface area (Å²) in [6.07, 6.45) is 1.10. The summed E-state index contributed by atoms with van der Waals surface area (Å²) in [5.41, 5.74) is 0.416. The van der Waals surface area contributed by atoms with Crippen LogP contribution in [0.1, 0.15) is 34.6 Å². The van der Waals surface area contributed by atoms with E-state index in [4.69, 9.17) is 4.74 Å². The molecule has 1 heterocycles. The fraction of sp³-hybridized carbons (Fsp3) is 0.176. The summed E-state index contributed by atoms with van der Waals surface area (Å²) in [7, 11) is 0. The minimum Gasteiger partial charge on any atom is -0.493 e. The first-order chi connectivity index (χ1) is 12.8. The molecule has 2 rings (SSSR count). The molecule has 0 bridgehead atoms. The normalized spacial score (nSPS) is 10.0. The molecule has 0 fully saturated rings. The number of nitrogens with one attached hydrogen (secondary N) is 2. The summed E-state index contributed by atoms with van der Waals surface area (Å²) in [4.78, 5) is 49.3. The Morgan fingerprint density at radius 2 is 1.93 bits per heavy atom. The van der Waals surface area contributed by atoms with Crippen molar-refractivity contribution >= 4 is 29.2 Å². The van der Waals surface area contributed by atoms with Crippen LogP contribution in [-0.2, 0) is 4.79 Å². The van der Waals surface area contributed by atoms with Gasteiger partial charge in [-0.3, -0.25) is 19.7 Å². The summed E-state index contributed by atoms with van der Waals surface area (Å²) >= 11 is 0. The van der Waals surface area contributed by atoms with Crippen molar-refractivity contribution in [2.24, 2.45) is 0 Å². The molecule has 10 heteroatoms. The van der Waals surface area contributed by atoms with E-state index in [1.165, 1.54) is 31.2 Å². The van der Waals surface area contributed by atoms with E-state index in [9.17, 15) is 24.5 Å². The second kappa shape index (κ2) is 8.52. The van der Waals surface area contributed by atoms with Crippen molar-refractivity contribution in [3.63, 3.8) is 0 Å².